The van der Waals surface area contributed by atoms with Crippen molar-refractivity contribution < 1.29 is 29.6 Å². The molecule has 4 atom stereocenters. The number of anilines is 1. The molecule has 168 valence electrons. The molecule has 2 heterocycles. The zero-order chi connectivity index (χ0) is 22.5. The number of hydrogen-bond donors (Lipinski definition) is 4. The molecule has 0 radical (unpaired) electrons. The smallest absolute Gasteiger partial charge is 0.342 e. The minimum Gasteiger partial charge on any atom is -0.507 e. The van der Waals surface area contributed by atoms with Gasteiger partial charge in [-0.25, -0.2) is 4.79 Å². The highest BCUT2D eigenvalue weighted by atomic mass is 16.5. The van der Waals surface area contributed by atoms with Gasteiger partial charge in [0.05, 0.1) is 6.10 Å². The fourth-order valence-electron chi connectivity index (χ4n) is 3.58. The standard InChI is InChI=1S/C23H30N2O6/c1-14-6-7-19(27)22(29)18(26)5-3-4-16-12-17(25-10-8-24-9-11-25)13-20(28)21(16)23(30)31-15(14)2/h3-4,6-7,12-15,18,22,24,26,28-29H,5,8-11H2,1-2H3/b4-3+,7-6-/t14-,15?,18?,22+/m1/s1. The quantitative estimate of drug-likeness (QED) is 0.492. The van der Waals surface area contributed by atoms with Crippen LogP contribution in [0.15, 0.2) is 30.4 Å². The maximum absolute atomic E-state index is 12.9. The topological polar surface area (TPSA) is 119 Å². The average molecular weight is 431 g/mol. The zero-order valence-electron chi connectivity index (χ0n) is 17.8. The number of esters is 1. The van der Waals surface area contributed by atoms with Gasteiger partial charge in [0, 0.05) is 43.9 Å². The van der Waals surface area contributed by atoms with E-state index in [1.807, 2.05) is 0 Å². The van der Waals surface area contributed by atoms with Gasteiger partial charge in [-0.1, -0.05) is 25.2 Å². The van der Waals surface area contributed by atoms with Crippen LogP contribution in [0.3, 0.4) is 0 Å². The monoisotopic (exact) mass is 430 g/mol. The number of aliphatic hydroxyl groups is 2. The van der Waals surface area contributed by atoms with Crippen LogP contribution in [0.25, 0.3) is 6.08 Å². The van der Waals surface area contributed by atoms with Gasteiger partial charge in [0.2, 0.25) is 0 Å². The molecule has 1 fully saturated rings. The van der Waals surface area contributed by atoms with Crippen molar-refractivity contribution in [3.8, 4) is 5.75 Å². The number of ether oxygens (including phenoxy) is 1. The highest BCUT2D eigenvalue weighted by Crippen LogP contribution is 2.31. The lowest BCUT2D eigenvalue weighted by atomic mass is 9.99. The first-order chi connectivity index (χ1) is 14.8. The second-order valence-electron chi connectivity index (χ2n) is 8.05. The fraction of sp³-hybridized carbons (Fsp3) is 0.478. The van der Waals surface area contributed by atoms with E-state index in [4.69, 9.17) is 4.74 Å². The van der Waals surface area contributed by atoms with Crippen molar-refractivity contribution in [3.63, 3.8) is 0 Å². The highest BCUT2D eigenvalue weighted by Gasteiger charge is 2.26. The number of aromatic hydroxyl groups is 1. The average Bonchev–Trinajstić information content (AvgIpc) is 2.76. The van der Waals surface area contributed by atoms with E-state index in [-0.39, 0.29) is 23.7 Å². The number of benzene rings is 1. The van der Waals surface area contributed by atoms with Gasteiger partial charge in [-0.05, 0) is 31.1 Å². The van der Waals surface area contributed by atoms with Gasteiger partial charge in [0.15, 0.2) is 5.78 Å². The van der Waals surface area contributed by atoms with Crippen molar-refractivity contribution in [2.45, 2.75) is 38.6 Å². The first-order valence-corrected chi connectivity index (χ1v) is 10.6. The fourth-order valence-corrected chi connectivity index (χ4v) is 3.58. The Balaban J connectivity index is 2.01. The van der Waals surface area contributed by atoms with Gasteiger partial charge < -0.3 is 30.3 Å². The number of cyclic esters (lactones) is 1. The molecular formula is C23H30N2O6. The molecule has 2 aliphatic heterocycles. The molecule has 0 aromatic heterocycles. The van der Waals surface area contributed by atoms with Crippen LogP contribution in [0.4, 0.5) is 5.69 Å². The molecule has 1 aromatic rings. The summed E-state index contributed by atoms with van der Waals surface area (Å²) in [5.41, 5.74) is 1.26. The number of carbonyl (C=O) groups is 2. The van der Waals surface area contributed by atoms with Crippen LogP contribution in [0, 0.1) is 5.92 Å². The third-order valence-corrected chi connectivity index (χ3v) is 5.75. The van der Waals surface area contributed by atoms with Crippen molar-refractivity contribution in [2.75, 3.05) is 31.1 Å². The maximum atomic E-state index is 12.9. The number of hydrogen-bond acceptors (Lipinski definition) is 8. The van der Waals surface area contributed by atoms with Crippen LogP contribution in [0.2, 0.25) is 0 Å². The molecule has 1 aromatic carbocycles. The van der Waals surface area contributed by atoms with E-state index in [1.54, 1.807) is 38.1 Å². The Bertz CT molecular complexity index is 875. The number of nitrogens with one attached hydrogen (secondary N) is 1. The number of phenolic OH excluding ortho intramolecular Hbond substituents is 1. The van der Waals surface area contributed by atoms with Crippen molar-refractivity contribution >= 4 is 23.5 Å². The second-order valence-corrected chi connectivity index (χ2v) is 8.05. The molecule has 0 aliphatic carbocycles. The van der Waals surface area contributed by atoms with Crippen molar-refractivity contribution in [1.82, 2.24) is 5.32 Å². The van der Waals surface area contributed by atoms with Gasteiger partial charge in [-0.3, -0.25) is 4.79 Å². The number of aliphatic hydroxyl groups excluding tert-OH is 2. The summed E-state index contributed by atoms with van der Waals surface area (Å²) in [4.78, 5) is 27.1. The van der Waals surface area contributed by atoms with Crippen molar-refractivity contribution in [1.29, 1.82) is 0 Å². The van der Waals surface area contributed by atoms with E-state index in [0.29, 0.717) is 5.56 Å². The Morgan fingerprint density at radius 2 is 1.81 bits per heavy atom. The molecule has 2 unspecified atom stereocenters. The van der Waals surface area contributed by atoms with E-state index < -0.39 is 30.1 Å². The Morgan fingerprint density at radius 3 is 2.52 bits per heavy atom. The number of nitrogens with zero attached hydrogens (tertiary/aromatic N) is 1. The molecule has 0 saturated carbocycles. The van der Waals surface area contributed by atoms with Gasteiger partial charge in [-0.2, -0.15) is 0 Å². The normalized spacial score (nSPS) is 30.1. The SMILES string of the molecule is CC1OC(=O)c2c(O)cc(N3CCNCC3)cc2/C=C/CC(O)[C@H](O)C(=O)/C=C\[C@H]1C. The van der Waals surface area contributed by atoms with Gasteiger partial charge in [-0.15, -0.1) is 0 Å². The lowest BCUT2D eigenvalue weighted by Crippen LogP contribution is -2.43. The number of piperazine rings is 1. The lowest BCUT2D eigenvalue weighted by Gasteiger charge is -2.30. The third-order valence-electron chi connectivity index (χ3n) is 5.75. The van der Waals surface area contributed by atoms with Crippen LogP contribution in [0.1, 0.15) is 36.2 Å². The molecule has 0 spiro atoms. The van der Waals surface area contributed by atoms with E-state index in [9.17, 15) is 24.9 Å². The van der Waals surface area contributed by atoms with E-state index >= 15 is 0 Å². The summed E-state index contributed by atoms with van der Waals surface area (Å²) in [6, 6.07) is 3.36. The Kier molecular flexibility index (Phi) is 7.48. The first-order valence-electron chi connectivity index (χ1n) is 10.6. The summed E-state index contributed by atoms with van der Waals surface area (Å²) in [6.45, 7) is 6.62. The number of ketones is 1. The van der Waals surface area contributed by atoms with Crippen LogP contribution in [-0.4, -0.2) is 71.6 Å². The summed E-state index contributed by atoms with van der Waals surface area (Å²) in [7, 11) is 0. The first kappa shape index (κ1) is 23.0. The molecule has 31 heavy (non-hydrogen) atoms. The largest absolute Gasteiger partial charge is 0.507 e. The summed E-state index contributed by atoms with van der Waals surface area (Å²) in [6.07, 6.45) is 2.48. The molecule has 8 heteroatoms. The highest BCUT2D eigenvalue weighted by molar-refractivity contribution is 5.98. The van der Waals surface area contributed by atoms with Crippen LogP contribution in [0.5, 0.6) is 5.75 Å². The molecule has 0 bridgehead atoms. The van der Waals surface area contributed by atoms with Gasteiger partial charge in [0.1, 0.15) is 23.5 Å². The summed E-state index contributed by atoms with van der Waals surface area (Å²) < 4.78 is 5.55. The third kappa shape index (κ3) is 5.52. The van der Waals surface area contributed by atoms with E-state index in [1.165, 1.54) is 12.2 Å². The van der Waals surface area contributed by atoms with Gasteiger partial charge >= 0.3 is 5.97 Å². The zero-order valence-corrected chi connectivity index (χ0v) is 17.8. The molecule has 3 rings (SSSR count). The number of phenols is 1. The number of rotatable bonds is 1. The van der Waals surface area contributed by atoms with Crippen LogP contribution >= 0.6 is 0 Å². The number of carbonyl (C=O) groups excluding carboxylic acids is 2. The Hall–Kier alpha value is -2.68. The van der Waals surface area contributed by atoms with Crippen molar-refractivity contribution in [2.24, 2.45) is 5.92 Å². The predicted molar refractivity (Wildman–Crippen MR) is 117 cm³/mol. The maximum Gasteiger partial charge on any atom is 0.342 e. The summed E-state index contributed by atoms with van der Waals surface area (Å²) in [5.74, 6) is -1.77. The van der Waals surface area contributed by atoms with Crippen LogP contribution in [-0.2, 0) is 9.53 Å². The molecule has 2 aliphatic rings. The van der Waals surface area contributed by atoms with E-state index in [0.717, 1.165) is 31.9 Å². The summed E-state index contributed by atoms with van der Waals surface area (Å²) in [5, 5.41) is 34.2. The molecule has 8 nitrogen and oxygen atoms in total. The molecule has 1 saturated heterocycles. The van der Waals surface area contributed by atoms with E-state index in [2.05, 4.69) is 10.2 Å². The van der Waals surface area contributed by atoms with Crippen LogP contribution < -0.4 is 10.2 Å². The minimum absolute atomic E-state index is 0.000184. The Morgan fingerprint density at radius 1 is 1.10 bits per heavy atom. The molecular weight excluding hydrogens is 400 g/mol. The predicted octanol–water partition coefficient (Wildman–Crippen LogP) is 1.25. The second kappa shape index (κ2) is 10.1. The lowest BCUT2D eigenvalue weighted by molar-refractivity contribution is -0.127. The molecule has 4 N–H and O–H groups in total. The van der Waals surface area contributed by atoms with Gasteiger partial charge in [0.25, 0.3) is 0 Å². The Labute approximate surface area is 181 Å². The number of fused-ring (bicyclic) bond motifs is 1. The van der Waals surface area contributed by atoms with Crippen molar-refractivity contribution in [3.05, 3.63) is 41.5 Å². The summed E-state index contributed by atoms with van der Waals surface area (Å²) >= 11 is 0. The molecule has 0 amide bonds. The minimum atomic E-state index is -1.55.